The van der Waals surface area contributed by atoms with E-state index in [0.29, 0.717) is 18.2 Å². The average Bonchev–Trinajstić information content (AvgIpc) is 3.09. The fourth-order valence-corrected chi connectivity index (χ4v) is 4.21. The Morgan fingerprint density at radius 3 is 2.59 bits per heavy atom. The molecule has 29 heavy (non-hydrogen) atoms. The second-order valence-corrected chi connectivity index (χ2v) is 8.32. The molecule has 0 bridgehead atoms. The van der Waals surface area contributed by atoms with Crippen LogP contribution in [-0.4, -0.2) is 29.2 Å². The van der Waals surface area contributed by atoms with E-state index in [9.17, 15) is 9.59 Å². The van der Waals surface area contributed by atoms with E-state index < -0.39 is 0 Å². The van der Waals surface area contributed by atoms with Gasteiger partial charge in [0.15, 0.2) is 5.13 Å². The van der Waals surface area contributed by atoms with Crippen LogP contribution in [0.1, 0.15) is 26.7 Å². The molecule has 2 N–H and O–H groups in total. The highest BCUT2D eigenvalue weighted by Crippen LogP contribution is 2.29. The molecule has 0 unspecified atom stereocenters. The summed E-state index contributed by atoms with van der Waals surface area (Å²) in [5, 5.41) is 6.28. The predicted molar refractivity (Wildman–Crippen MR) is 120 cm³/mol. The first kappa shape index (κ1) is 21.1. The second-order valence-electron chi connectivity index (χ2n) is 6.24. The number of amides is 2. The Kier molecular flexibility index (Phi) is 7.48. The zero-order chi connectivity index (χ0) is 20.6. The molecule has 0 aliphatic heterocycles. The van der Waals surface area contributed by atoms with Gasteiger partial charge in [0.25, 0.3) is 0 Å². The van der Waals surface area contributed by atoms with Crippen LogP contribution in [0.25, 0.3) is 10.2 Å². The molecule has 0 spiro atoms. The van der Waals surface area contributed by atoms with Crippen molar-refractivity contribution in [3.05, 3.63) is 42.5 Å². The lowest BCUT2D eigenvalue weighted by Crippen LogP contribution is -2.13. The smallest absolute Gasteiger partial charge is 0.236 e. The van der Waals surface area contributed by atoms with Gasteiger partial charge in [-0.2, -0.15) is 0 Å². The van der Waals surface area contributed by atoms with E-state index in [1.165, 1.54) is 23.1 Å². The molecule has 0 atom stereocenters. The van der Waals surface area contributed by atoms with Gasteiger partial charge in [-0.05, 0) is 55.8 Å². The number of fused-ring (bicyclic) bond motifs is 1. The predicted octanol–water partition coefficient (Wildman–Crippen LogP) is 5.16. The minimum atomic E-state index is -0.112. The molecular formula is C21H23N3O3S2. The second kappa shape index (κ2) is 10.3. The number of rotatable bonds is 9. The van der Waals surface area contributed by atoms with Crippen LogP contribution < -0.4 is 15.4 Å². The zero-order valence-electron chi connectivity index (χ0n) is 16.4. The lowest BCUT2D eigenvalue weighted by molar-refractivity contribution is -0.116. The molecule has 0 aliphatic carbocycles. The highest BCUT2D eigenvalue weighted by atomic mass is 32.2. The van der Waals surface area contributed by atoms with Crippen LogP contribution in [0.2, 0.25) is 0 Å². The largest absolute Gasteiger partial charge is 0.494 e. The van der Waals surface area contributed by atoms with Crippen LogP contribution in [0.3, 0.4) is 0 Å². The molecule has 3 rings (SSSR count). The van der Waals surface area contributed by atoms with Gasteiger partial charge < -0.3 is 15.4 Å². The molecule has 152 valence electrons. The number of ether oxygens (including phenoxy) is 1. The van der Waals surface area contributed by atoms with Crippen LogP contribution >= 0.6 is 23.1 Å². The molecule has 6 nitrogen and oxygen atoms in total. The first-order valence-corrected chi connectivity index (χ1v) is 11.2. The maximum absolute atomic E-state index is 12.3. The van der Waals surface area contributed by atoms with Crippen molar-refractivity contribution in [2.75, 3.05) is 23.0 Å². The van der Waals surface area contributed by atoms with E-state index in [4.69, 9.17) is 4.74 Å². The summed E-state index contributed by atoms with van der Waals surface area (Å²) in [4.78, 5) is 29.3. The fraction of sp³-hybridized carbons (Fsp3) is 0.286. The molecule has 3 aromatic rings. The molecule has 2 aromatic carbocycles. The number of thiazole rings is 1. The third kappa shape index (κ3) is 6.20. The number of aromatic nitrogens is 1. The Hall–Kier alpha value is -2.58. The summed E-state index contributed by atoms with van der Waals surface area (Å²) in [6, 6.07) is 13.2. The molecular weight excluding hydrogens is 406 g/mol. The van der Waals surface area contributed by atoms with Crippen LogP contribution in [0.4, 0.5) is 10.8 Å². The number of nitrogens with zero attached hydrogens (tertiary/aromatic N) is 1. The minimum Gasteiger partial charge on any atom is -0.494 e. The molecule has 0 saturated heterocycles. The summed E-state index contributed by atoms with van der Waals surface area (Å²) in [6.07, 6.45) is 1.33. The number of carbonyl (C=O) groups excluding carboxylic acids is 2. The van der Waals surface area contributed by atoms with Crippen LogP contribution in [-0.2, 0) is 9.59 Å². The summed E-state index contributed by atoms with van der Waals surface area (Å²) in [7, 11) is 0. The van der Waals surface area contributed by atoms with Gasteiger partial charge in [-0.3, -0.25) is 9.59 Å². The third-order valence-corrected chi connectivity index (χ3v) is 5.85. The van der Waals surface area contributed by atoms with Crippen molar-refractivity contribution in [3.8, 4) is 5.75 Å². The van der Waals surface area contributed by atoms with Crippen molar-refractivity contribution in [1.82, 2.24) is 4.98 Å². The van der Waals surface area contributed by atoms with Gasteiger partial charge in [-0.25, -0.2) is 4.98 Å². The fourth-order valence-electron chi connectivity index (χ4n) is 2.60. The number of anilines is 2. The highest BCUT2D eigenvalue weighted by Gasteiger charge is 2.10. The third-order valence-electron chi connectivity index (χ3n) is 3.90. The normalized spacial score (nSPS) is 10.7. The van der Waals surface area contributed by atoms with Gasteiger partial charge in [-0.15, -0.1) is 11.8 Å². The van der Waals surface area contributed by atoms with E-state index in [1.807, 2.05) is 56.3 Å². The van der Waals surface area contributed by atoms with E-state index in [0.717, 1.165) is 33.0 Å². The maximum atomic E-state index is 12.3. The van der Waals surface area contributed by atoms with Gasteiger partial charge in [0, 0.05) is 17.0 Å². The van der Waals surface area contributed by atoms with Crippen molar-refractivity contribution >= 4 is 55.9 Å². The highest BCUT2D eigenvalue weighted by molar-refractivity contribution is 8.00. The van der Waals surface area contributed by atoms with Crippen molar-refractivity contribution in [1.29, 1.82) is 0 Å². The van der Waals surface area contributed by atoms with E-state index in [-0.39, 0.29) is 17.6 Å². The van der Waals surface area contributed by atoms with Crippen molar-refractivity contribution in [2.45, 2.75) is 31.6 Å². The molecule has 0 radical (unpaired) electrons. The first-order valence-electron chi connectivity index (χ1n) is 9.43. The monoisotopic (exact) mass is 429 g/mol. The Labute approximate surface area is 178 Å². The molecule has 8 heteroatoms. The van der Waals surface area contributed by atoms with E-state index >= 15 is 0 Å². The number of nitrogens with one attached hydrogen (secondary N) is 2. The summed E-state index contributed by atoms with van der Waals surface area (Å²) in [6.45, 7) is 4.52. The van der Waals surface area contributed by atoms with Gasteiger partial charge in [0.1, 0.15) is 5.75 Å². The minimum absolute atomic E-state index is 0.0106. The Bertz CT molecular complexity index is 987. The van der Waals surface area contributed by atoms with Gasteiger partial charge in [0.2, 0.25) is 11.8 Å². The average molecular weight is 430 g/mol. The van der Waals surface area contributed by atoms with Gasteiger partial charge in [0.05, 0.1) is 22.6 Å². The van der Waals surface area contributed by atoms with Gasteiger partial charge in [-0.1, -0.05) is 18.3 Å². The lowest BCUT2D eigenvalue weighted by Gasteiger charge is -2.06. The Morgan fingerprint density at radius 1 is 1.07 bits per heavy atom. The number of thioether (sulfide) groups is 1. The number of hydrogen-bond donors (Lipinski definition) is 2. The van der Waals surface area contributed by atoms with Crippen LogP contribution in [0.5, 0.6) is 5.75 Å². The molecule has 0 saturated carbocycles. The molecule has 1 aromatic heterocycles. The number of benzene rings is 2. The van der Waals surface area contributed by atoms with E-state index in [2.05, 4.69) is 15.6 Å². The topological polar surface area (TPSA) is 80.3 Å². The zero-order valence-corrected chi connectivity index (χ0v) is 18.0. The first-order chi connectivity index (χ1) is 14.1. The number of carbonyl (C=O) groups is 2. The van der Waals surface area contributed by atoms with Crippen molar-refractivity contribution in [2.24, 2.45) is 0 Å². The van der Waals surface area contributed by atoms with Crippen molar-refractivity contribution in [3.63, 3.8) is 0 Å². The summed E-state index contributed by atoms with van der Waals surface area (Å²) in [5.74, 6) is 0.976. The van der Waals surface area contributed by atoms with Gasteiger partial charge >= 0.3 is 0 Å². The Morgan fingerprint density at radius 2 is 1.86 bits per heavy atom. The molecule has 0 fully saturated rings. The van der Waals surface area contributed by atoms with Crippen molar-refractivity contribution < 1.29 is 14.3 Å². The lowest BCUT2D eigenvalue weighted by atomic mass is 10.3. The molecule has 2 amide bonds. The summed E-state index contributed by atoms with van der Waals surface area (Å²) < 4.78 is 6.47. The quantitative estimate of drug-likeness (QED) is 0.459. The van der Waals surface area contributed by atoms with Crippen LogP contribution in [0, 0.1) is 0 Å². The van der Waals surface area contributed by atoms with Crippen LogP contribution in [0.15, 0.2) is 47.4 Å². The number of hydrogen-bond acceptors (Lipinski definition) is 6. The Balaban J connectivity index is 1.52. The summed E-state index contributed by atoms with van der Waals surface area (Å²) >= 11 is 2.86. The van der Waals surface area contributed by atoms with E-state index in [1.54, 1.807) is 0 Å². The molecule has 1 heterocycles. The maximum Gasteiger partial charge on any atom is 0.236 e. The standard InChI is InChI=1S/C21H23N3O3S2/c1-3-5-19(25)22-14-6-9-16(10-7-14)28-13-20(26)24-21-23-17-11-8-15(27-4-2)12-18(17)29-21/h6-12H,3-5,13H2,1-2H3,(H,22,25)(H,23,24,26). The molecule has 0 aliphatic rings. The summed E-state index contributed by atoms with van der Waals surface area (Å²) in [5.41, 5.74) is 1.60. The SMILES string of the molecule is CCCC(=O)Nc1ccc(SCC(=O)Nc2nc3ccc(OCC)cc3s2)cc1.